The molecule has 9 nitrogen and oxygen atoms in total. The lowest BCUT2D eigenvalue weighted by Crippen LogP contribution is -2.45. The van der Waals surface area contributed by atoms with Gasteiger partial charge < -0.3 is 24.6 Å². The zero-order valence-electron chi connectivity index (χ0n) is 19.7. The topological polar surface area (TPSA) is 139 Å². The van der Waals surface area contributed by atoms with E-state index in [1.54, 1.807) is 65.0 Å². The van der Waals surface area contributed by atoms with Crippen LogP contribution in [0, 0.1) is 11.8 Å². The third kappa shape index (κ3) is 7.00. The number of carbonyl (C=O) groups excluding carboxylic acids is 3. The molecule has 3 N–H and O–H groups in total. The first-order valence-electron chi connectivity index (χ1n) is 10.8. The molecule has 0 aromatic heterocycles. The van der Waals surface area contributed by atoms with Crippen LogP contribution in [0.2, 0.25) is 0 Å². The first kappa shape index (κ1) is 28.6. The van der Waals surface area contributed by atoms with Crippen LogP contribution in [0.3, 0.4) is 0 Å². The molecule has 0 aliphatic carbocycles. The quantitative estimate of drug-likeness (QED) is 0.168. The van der Waals surface area contributed by atoms with Gasteiger partial charge in [-0.1, -0.05) is 52.0 Å². The Morgan fingerprint density at radius 2 is 1.67 bits per heavy atom. The van der Waals surface area contributed by atoms with Crippen molar-refractivity contribution in [3.05, 3.63) is 47.5 Å². The summed E-state index contributed by atoms with van der Waals surface area (Å²) in [5, 5.41) is 0.667. The SMILES string of the molecule is CCOC(=O)C(C=C(CCOC(=O)c1ccccc1)C(C(C)C)(C(C)C)P(=O)(O)O)NC=O. The summed E-state index contributed by atoms with van der Waals surface area (Å²) in [6, 6.07) is 7.05. The van der Waals surface area contributed by atoms with E-state index in [4.69, 9.17) is 9.47 Å². The monoisotopic (exact) mass is 483 g/mol. The number of hydrogen-bond donors (Lipinski definition) is 3. The molecular weight excluding hydrogens is 449 g/mol. The number of rotatable bonds is 13. The van der Waals surface area contributed by atoms with Gasteiger partial charge in [0, 0.05) is 6.42 Å². The van der Waals surface area contributed by atoms with Gasteiger partial charge in [-0.2, -0.15) is 0 Å². The minimum atomic E-state index is -4.79. The maximum atomic E-state index is 12.9. The smallest absolute Gasteiger partial charge is 0.338 e. The van der Waals surface area contributed by atoms with Gasteiger partial charge in [0.25, 0.3) is 0 Å². The molecule has 0 bridgehead atoms. The van der Waals surface area contributed by atoms with Crippen molar-refractivity contribution in [2.45, 2.75) is 52.2 Å². The molecule has 0 fully saturated rings. The third-order valence-electron chi connectivity index (χ3n) is 5.53. The molecule has 0 saturated heterocycles. The Morgan fingerprint density at radius 1 is 1.09 bits per heavy atom. The first-order valence-corrected chi connectivity index (χ1v) is 12.4. The Bertz CT molecular complexity index is 868. The number of esters is 2. The van der Waals surface area contributed by atoms with Crippen molar-refractivity contribution in [2.75, 3.05) is 13.2 Å². The van der Waals surface area contributed by atoms with E-state index in [-0.39, 0.29) is 25.2 Å². The summed E-state index contributed by atoms with van der Waals surface area (Å²) in [7, 11) is -4.79. The summed E-state index contributed by atoms with van der Waals surface area (Å²) in [6.07, 6.45) is 1.56. The number of benzene rings is 1. The van der Waals surface area contributed by atoms with Crippen LogP contribution in [0.5, 0.6) is 0 Å². The van der Waals surface area contributed by atoms with E-state index in [9.17, 15) is 28.7 Å². The van der Waals surface area contributed by atoms with Crippen molar-refractivity contribution < 1.29 is 38.2 Å². The second-order valence-corrected chi connectivity index (χ2v) is 9.96. The van der Waals surface area contributed by atoms with Crippen LogP contribution in [0.4, 0.5) is 0 Å². The lowest BCUT2D eigenvalue weighted by Gasteiger charge is -2.44. The summed E-state index contributed by atoms with van der Waals surface area (Å²) < 4.78 is 23.2. The van der Waals surface area contributed by atoms with Crippen molar-refractivity contribution in [3.8, 4) is 0 Å². The van der Waals surface area contributed by atoms with Gasteiger partial charge in [0.1, 0.15) is 6.04 Å². The highest BCUT2D eigenvalue weighted by molar-refractivity contribution is 7.54. The van der Waals surface area contributed by atoms with Crippen LogP contribution in [0.15, 0.2) is 42.0 Å². The first-order chi connectivity index (χ1) is 15.4. The average Bonchev–Trinajstić information content (AvgIpc) is 2.72. The highest BCUT2D eigenvalue weighted by Crippen LogP contribution is 2.62. The standard InChI is InChI=1S/C23H34NO8P/c1-6-31-22(27)20(24-15-25)14-19(23(16(2)3,17(4)5)33(28,29)30)12-13-32-21(26)18-10-8-7-9-11-18/h7-11,14-17,20H,6,12-13H2,1-5H3,(H,24,25)(H2,28,29,30). The highest BCUT2D eigenvalue weighted by atomic mass is 31.2. The van der Waals surface area contributed by atoms with Gasteiger partial charge in [-0.15, -0.1) is 0 Å². The Balaban J connectivity index is 3.45. The molecule has 1 amide bonds. The molecule has 0 radical (unpaired) electrons. The molecule has 0 aliphatic rings. The van der Waals surface area contributed by atoms with Crippen LogP contribution in [0.25, 0.3) is 0 Å². The van der Waals surface area contributed by atoms with E-state index < -0.39 is 42.6 Å². The fourth-order valence-corrected chi connectivity index (χ4v) is 6.19. The molecule has 0 aliphatic heterocycles. The van der Waals surface area contributed by atoms with Crippen molar-refractivity contribution in [3.63, 3.8) is 0 Å². The van der Waals surface area contributed by atoms with E-state index in [2.05, 4.69) is 5.32 Å². The number of hydrogen-bond acceptors (Lipinski definition) is 6. The summed E-state index contributed by atoms with van der Waals surface area (Å²) in [4.78, 5) is 56.8. The van der Waals surface area contributed by atoms with E-state index in [0.717, 1.165) is 0 Å². The Labute approximate surface area is 194 Å². The van der Waals surface area contributed by atoms with Crippen molar-refractivity contribution in [1.29, 1.82) is 0 Å². The fraction of sp³-hybridized carbons (Fsp3) is 0.522. The molecule has 1 aromatic rings. The molecule has 1 rings (SSSR count). The largest absolute Gasteiger partial charge is 0.464 e. The number of amides is 1. The van der Waals surface area contributed by atoms with Gasteiger partial charge >= 0.3 is 19.5 Å². The molecule has 1 unspecified atom stereocenters. The lowest BCUT2D eigenvalue weighted by molar-refractivity contribution is -0.145. The van der Waals surface area contributed by atoms with Gasteiger partial charge in [0.2, 0.25) is 6.41 Å². The normalized spacial score (nSPS) is 13.5. The van der Waals surface area contributed by atoms with Gasteiger partial charge in [0.05, 0.1) is 23.9 Å². The maximum absolute atomic E-state index is 12.9. The average molecular weight is 483 g/mol. The number of nitrogens with one attached hydrogen (secondary N) is 1. The van der Waals surface area contributed by atoms with Crippen LogP contribution >= 0.6 is 7.60 Å². The van der Waals surface area contributed by atoms with Gasteiger partial charge in [-0.25, -0.2) is 9.59 Å². The van der Waals surface area contributed by atoms with Crippen LogP contribution < -0.4 is 5.32 Å². The Kier molecular flexibility index (Phi) is 11.0. The highest BCUT2D eigenvalue weighted by Gasteiger charge is 2.54. The summed E-state index contributed by atoms with van der Waals surface area (Å²) in [5.74, 6) is -2.45. The zero-order valence-corrected chi connectivity index (χ0v) is 20.6. The second-order valence-electron chi connectivity index (χ2n) is 8.14. The summed E-state index contributed by atoms with van der Waals surface area (Å²) >= 11 is 0. The van der Waals surface area contributed by atoms with E-state index >= 15 is 0 Å². The van der Waals surface area contributed by atoms with Crippen LogP contribution in [0.1, 0.15) is 51.4 Å². The molecule has 0 saturated carbocycles. The summed E-state index contributed by atoms with van der Waals surface area (Å²) in [5.41, 5.74) is 0.540. The Hall–Kier alpha value is -2.48. The minimum Gasteiger partial charge on any atom is -0.464 e. The second kappa shape index (κ2) is 12.7. The maximum Gasteiger partial charge on any atom is 0.338 e. The van der Waals surface area contributed by atoms with Crippen LogP contribution in [-0.4, -0.2) is 52.5 Å². The molecule has 10 heteroatoms. The fourth-order valence-electron chi connectivity index (χ4n) is 4.29. The predicted molar refractivity (Wildman–Crippen MR) is 123 cm³/mol. The van der Waals surface area contributed by atoms with Crippen LogP contribution in [-0.2, 0) is 23.6 Å². The number of ether oxygens (including phenoxy) is 2. The Morgan fingerprint density at radius 3 is 2.12 bits per heavy atom. The molecule has 1 atom stereocenters. The lowest BCUT2D eigenvalue weighted by atomic mass is 9.76. The van der Waals surface area contributed by atoms with Crippen molar-refractivity contribution >= 4 is 25.9 Å². The third-order valence-corrected chi connectivity index (χ3v) is 7.81. The molecule has 0 spiro atoms. The van der Waals surface area contributed by atoms with Crippen molar-refractivity contribution in [1.82, 2.24) is 5.32 Å². The molecule has 184 valence electrons. The van der Waals surface area contributed by atoms with Crippen molar-refractivity contribution in [2.24, 2.45) is 11.8 Å². The van der Waals surface area contributed by atoms with Gasteiger partial charge in [-0.05, 0) is 36.5 Å². The molecular formula is C23H34NO8P. The van der Waals surface area contributed by atoms with E-state index in [1.807, 2.05) is 0 Å². The minimum absolute atomic E-state index is 0.0590. The molecule has 0 heterocycles. The van der Waals surface area contributed by atoms with Gasteiger partial charge in [-0.3, -0.25) is 9.36 Å². The summed E-state index contributed by atoms with van der Waals surface area (Å²) in [6.45, 7) is 8.19. The molecule has 1 aromatic carbocycles. The van der Waals surface area contributed by atoms with E-state index in [0.29, 0.717) is 12.0 Å². The van der Waals surface area contributed by atoms with Gasteiger partial charge in [0.15, 0.2) is 0 Å². The molecule has 33 heavy (non-hydrogen) atoms. The van der Waals surface area contributed by atoms with E-state index in [1.165, 1.54) is 6.08 Å². The zero-order chi connectivity index (χ0) is 25.2. The number of carbonyl (C=O) groups is 3. The predicted octanol–water partition coefficient (Wildman–Crippen LogP) is 3.07.